The fourth-order valence-electron chi connectivity index (χ4n) is 2.10. The summed E-state index contributed by atoms with van der Waals surface area (Å²) < 4.78 is 22.5. The van der Waals surface area contributed by atoms with Gasteiger partial charge in [-0.25, -0.2) is 8.42 Å². The minimum Gasteiger partial charge on any atom is -0.385 e. The first-order chi connectivity index (χ1) is 9.44. The zero-order chi connectivity index (χ0) is 14.6. The Labute approximate surface area is 123 Å². The first-order valence-electron chi connectivity index (χ1n) is 6.44. The van der Waals surface area contributed by atoms with Gasteiger partial charge in [0.05, 0.1) is 11.5 Å². The third-order valence-electron chi connectivity index (χ3n) is 3.12. The van der Waals surface area contributed by atoms with Crippen molar-refractivity contribution in [3.05, 3.63) is 29.3 Å². The average molecular weight is 317 g/mol. The molecule has 0 radical (unpaired) electrons. The van der Waals surface area contributed by atoms with Crippen LogP contribution in [0.4, 0.5) is 5.69 Å². The van der Waals surface area contributed by atoms with Crippen LogP contribution in [0.1, 0.15) is 12.8 Å². The van der Waals surface area contributed by atoms with Gasteiger partial charge in [0.2, 0.25) is 5.91 Å². The third-order valence-corrected chi connectivity index (χ3v) is 5.14. The van der Waals surface area contributed by atoms with Crippen molar-refractivity contribution in [1.29, 1.82) is 0 Å². The molecule has 0 aliphatic carbocycles. The molecule has 2 N–H and O–H groups in total. The largest absolute Gasteiger partial charge is 0.385 e. The molecule has 1 aromatic carbocycles. The van der Waals surface area contributed by atoms with Gasteiger partial charge in [0, 0.05) is 29.7 Å². The van der Waals surface area contributed by atoms with Crippen LogP contribution in [0.5, 0.6) is 0 Å². The summed E-state index contributed by atoms with van der Waals surface area (Å²) in [6.07, 6.45) is 0.817. The van der Waals surface area contributed by atoms with Gasteiger partial charge in [-0.2, -0.15) is 0 Å². The van der Waals surface area contributed by atoms with Crippen LogP contribution < -0.4 is 10.6 Å². The number of carbonyl (C=O) groups is 1. The molecule has 1 amide bonds. The van der Waals surface area contributed by atoms with Crippen LogP contribution in [0.15, 0.2) is 24.3 Å². The number of sulfone groups is 1. The molecule has 1 atom stereocenters. The van der Waals surface area contributed by atoms with E-state index in [1.165, 1.54) is 0 Å². The molecule has 0 saturated carbocycles. The molecule has 5 nitrogen and oxygen atoms in total. The summed E-state index contributed by atoms with van der Waals surface area (Å²) in [4.78, 5) is 11.7. The Morgan fingerprint density at radius 1 is 1.30 bits per heavy atom. The molecular weight excluding hydrogens is 300 g/mol. The van der Waals surface area contributed by atoms with Gasteiger partial charge >= 0.3 is 0 Å². The van der Waals surface area contributed by atoms with E-state index in [1.54, 1.807) is 12.1 Å². The zero-order valence-electron chi connectivity index (χ0n) is 10.9. The highest BCUT2D eigenvalue weighted by atomic mass is 35.5. The highest BCUT2D eigenvalue weighted by molar-refractivity contribution is 7.91. The molecule has 110 valence electrons. The van der Waals surface area contributed by atoms with E-state index in [2.05, 4.69) is 10.6 Å². The summed E-state index contributed by atoms with van der Waals surface area (Å²) in [5.74, 6) is 0.0956. The summed E-state index contributed by atoms with van der Waals surface area (Å²) in [5, 5.41) is 6.52. The van der Waals surface area contributed by atoms with Crippen molar-refractivity contribution < 1.29 is 13.2 Å². The molecule has 1 aliphatic rings. The summed E-state index contributed by atoms with van der Waals surface area (Å²) in [6, 6.07) is 6.98. The number of hydrogen-bond donors (Lipinski definition) is 2. The number of hydrogen-bond acceptors (Lipinski definition) is 4. The molecule has 1 saturated heterocycles. The summed E-state index contributed by atoms with van der Waals surface area (Å²) >= 11 is 5.77. The molecule has 1 heterocycles. The Hall–Kier alpha value is -1.27. The number of rotatable bonds is 5. The molecule has 20 heavy (non-hydrogen) atoms. The van der Waals surface area contributed by atoms with E-state index in [1.807, 2.05) is 12.1 Å². The highest BCUT2D eigenvalue weighted by Crippen LogP contribution is 2.13. The average Bonchev–Trinajstić information content (AvgIpc) is 2.71. The topological polar surface area (TPSA) is 75.3 Å². The van der Waals surface area contributed by atoms with E-state index < -0.39 is 9.84 Å². The molecule has 0 aromatic heterocycles. The maximum absolute atomic E-state index is 11.7. The van der Waals surface area contributed by atoms with E-state index in [9.17, 15) is 13.2 Å². The first-order valence-corrected chi connectivity index (χ1v) is 8.64. The number of benzene rings is 1. The second kappa shape index (κ2) is 6.45. The second-order valence-corrected chi connectivity index (χ2v) is 7.52. The molecule has 0 bridgehead atoms. The quantitative estimate of drug-likeness (QED) is 0.862. The Balaban J connectivity index is 1.69. The minimum atomic E-state index is -2.95. The highest BCUT2D eigenvalue weighted by Gasteiger charge is 2.28. The van der Waals surface area contributed by atoms with Crippen molar-refractivity contribution in [1.82, 2.24) is 5.32 Å². The molecule has 0 spiro atoms. The number of carbonyl (C=O) groups excluding carboxylic acids is 1. The van der Waals surface area contributed by atoms with Crippen LogP contribution in [0.2, 0.25) is 5.02 Å². The van der Waals surface area contributed by atoms with Crippen LogP contribution in [0.25, 0.3) is 0 Å². The van der Waals surface area contributed by atoms with Gasteiger partial charge in [-0.05, 0) is 30.7 Å². The van der Waals surface area contributed by atoms with E-state index >= 15 is 0 Å². The fourth-order valence-corrected chi connectivity index (χ4v) is 3.90. The van der Waals surface area contributed by atoms with Gasteiger partial charge in [-0.3, -0.25) is 4.79 Å². The molecule has 2 rings (SSSR count). The van der Waals surface area contributed by atoms with Crippen LogP contribution in [-0.2, 0) is 14.6 Å². The maximum atomic E-state index is 11.7. The number of nitrogens with one attached hydrogen (secondary N) is 2. The SMILES string of the molecule is O=C(CCNc1ccc(Cl)cc1)NC1CCS(=O)(=O)C1. The van der Waals surface area contributed by atoms with E-state index in [-0.39, 0.29) is 23.5 Å². The molecule has 1 aliphatic heterocycles. The van der Waals surface area contributed by atoms with Gasteiger partial charge in [-0.1, -0.05) is 11.6 Å². The van der Waals surface area contributed by atoms with Crippen molar-refractivity contribution in [3.63, 3.8) is 0 Å². The predicted octanol–water partition coefficient (Wildman–Crippen LogP) is 1.45. The fraction of sp³-hybridized carbons (Fsp3) is 0.462. The van der Waals surface area contributed by atoms with Crippen molar-refractivity contribution in [2.24, 2.45) is 0 Å². The van der Waals surface area contributed by atoms with E-state index in [0.29, 0.717) is 24.4 Å². The lowest BCUT2D eigenvalue weighted by atomic mass is 10.2. The number of amides is 1. The van der Waals surface area contributed by atoms with Gasteiger partial charge in [-0.15, -0.1) is 0 Å². The lowest BCUT2D eigenvalue weighted by Crippen LogP contribution is -2.36. The van der Waals surface area contributed by atoms with Crippen molar-refractivity contribution in [2.45, 2.75) is 18.9 Å². The van der Waals surface area contributed by atoms with Crippen molar-refractivity contribution >= 4 is 33.0 Å². The van der Waals surface area contributed by atoms with Crippen LogP contribution >= 0.6 is 11.6 Å². The standard InChI is InChI=1S/C13H17ClN2O3S/c14-10-1-3-11(4-2-10)15-7-5-13(17)16-12-6-8-20(18,19)9-12/h1-4,12,15H,5-9H2,(H,16,17). The van der Waals surface area contributed by atoms with Gasteiger partial charge in [0.15, 0.2) is 9.84 Å². The Kier molecular flexibility index (Phi) is 4.88. The van der Waals surface area contributed by atoms with Gasteiger partial charge < -0.3 is 10.6 Å². The summed E-state index contributed by atoms with van der Waals surface area (Å²) in [5.41, 5.74) is 0.894. The van der Waals surface area contributed by atoms with Crippen LogP contribution in [0, 0.1) is 0 Å². The summed E-state index contributed by atoms with van der Waals surface area (Å²) in [7, 11) is -2.95. The van der Waals surface area contributed by atoms with Crippen LogP contribution in [0.3, 0.4) is 0 Å². The molecule has 1 aromatic rings. The zero-order valence-corrected chi connectivity index (χ0v) is 12.5. The Bertz CT molecular complexity index is 572. The number of anilines is 1. The molecular formula is C13H17ClN2O3S. The van der Waals surface area contributed by atoms with Gasteiger partial charge in [0.25, 0.3) is 0 Å². The minimum absolute atomic E-state index is 0.0589. The molecule has 1 fully saturated rings. The van der Waals surface area contributed by atoms with Gasteiger partial charge in [0.1, 0.15) is 0 Å². The lowest BCUT2D eigenvalue weighted by molar-refractivity contribution is -0.121. The van der Waals surface area contributed by atoms with Crippen molar-refractivity contribution in [3.8, 4) is 0 Å². The number of halogens is 1. The molecule has 7 heteroatoms. The Morgan fingerprint density at radius 2 is 2.00 bits per heavy atom. The first kappa shape index (κ1) is 15.1. The second-order valence-electron chi connectivity index (χ2n) is 4.85. The van der Waals surface area contributed by atoms with E-state index in [0.717, 1.165) is 5.69 Å². The lowest BCUT2D eigenvalue weighted by Gasteiger charge is -2.11. The smallest absolute Gasteiger partial charge is 0.222 e. The maximum Gasteiger partial charge on any atom is 0.222 e. The normalized spacial score (nSPS) is 20.6. The van der Waals surface area contributed by atoms with Crippen LogP contribution in [-0.4, -0.2) is 38.4 Å². The summed E-state index contributed by atoms with van der Waals surface area (Å²) in [6.45, 7) is 0.493. The van der Waals surface area contributed by atoms with E-state index in [4.69, 9.17) is 11.6 Å². The Morgan fingerprint density at radius 3 is 2.60 bits per heavy atom. The monoisotopic (exact) mass is 316 g/mol. The van der Waals surface area contributed by atoms with Crippen molar-refractivity contribution in [2.75, 3.05) is 23.4 Å². The molecule has 1 unspecified atom stereocenters. The third kappa shape index (κ3) is 4.68. The predicted molar refractivity (Wildman–Crippen MR) is 79.8 cm³/mol.